The molecule has 0 aliphatic carbocycles. The van der Waals surface area contributed by atoms with Gasteiger partial charge in [-0.3, -0.25) is 0 Å². The molecule has 2 rings (SSSR count). The third kappa shape index (κ3) is 2.72. The number of ether oxygens (including phenoxy) is 1. The lowest BCUT2D eigenvalue weighted by molar-refractivity contribution is 0.0676. The Hall–Kier alpha value is -0.810. The molecular weight excluding hydrogens is 218 g/mol. The highest BCUT2D eigenvalue weighted by molar-refractivity contribution is 5.77. The molecular formula is C12H23N3O2. The first-order chi connectivity index (χ1) is 8.09. The summed E-state index contributed by atoms with van der Waals surface area (Å²) in [5.41, 5.74) is 0. The molecule has 17 heavy (non-hydrogen) atoms. The SMILES string of the molecule is CC(C)C1CN(CC2COCCN2)C(=O)N1C. The van der Waals surface area contributed by atoms with Crippen LogP contribution in [0.3, 0.4) is 0 Å². The van der Waals surface area contributed by atoms with Crippen LogP contribution in [0.5, 0.6) is 0 Å². The van der Waals surface area contributed by atoms with Crippen molar-refractivity contribution in [1.82, 2.24) is 15.1 Å². The maximum Gasteiger partial charge on any atom is 0.320 e. The smallest absolute Gasteiger partial charge is 0.320 e. The van der Waals surface area contributed by atoms with Crippen LogP contribution in [0.4, 0.5) is 4.79 Å². The van der Waals surface area contributed by atoms with Crippen molar-refractivity contribution < 1.29 is 9.53 Å². The quantitative estimate of drug-likeness (QED) is 0.776. The van der Waals surface area contributed by atoms with Crippen LogP contribution < -0.4 is 5.32 Å². The summed E-state index contributed by atoms with van der Waals surface area (Å²) in [4.78, 5) is 15.9. The molecule has 2 heterocycles. The average Bonchev–Trinajstić information content (AvgIpc) is 2.59. The first kappa shape index (κ1) is 12.6. The van der Waals surface area contributed by atoms with Gasteiger partial charge in [-0.2, -0.15) is 0 Å². The summed E-state index contributed by atoms with van der Waals surface area (Å²) >= 11 is 0. The van der Waals surface area contributed by atoms with Gasteiger partial charge in [-0.15, -0.1) is 0 Å². The predicted octanol–water partition coefficient (Wildman–Crippen LogP) is 0.367. The van der Waals surface area contributed by atoms with Crippen molar-refractivity contribution in [2.24, 2.45) is 5.92 Å². The Bertz CT molecular complexity index is 277. The van der Waals surface area contributed by atoms with E-state index in [9.17, 15) is 4.79 Å². The van der Waals surface area contributed by atoms with Crippen molar-refractivity contribution in [1.29, 1.82) is 0 Å². The van der Waals surface area contributed by atoms with Crippen molar-refractivity contribution in [3.63, 3.8) is 0 Å². The molecule has 0 aromatic rings. The second-order valence-corrected chi connectivity index (χ2v) is 5.34. The van der Waals surface area contributed by atoms with Gasteiger partial charge >= 0.3 is 6.03 Å². The highest BCUT2D eigenvalue weighted by atomic mass is 16.5. The van der Waals surface area contributed by atoms with Gasteiger partial charge in [-0.05, 0) is 5.92 Å². The average molecular weight is 241 g/mol. The molecule has 0 bridgehead atoms. The van der Waals surface area contributed by atoms with E-state index in [1.165, 1.54) is 0 Å². The van der Waals surface area contributed by atoms with Crippen LogP contribution in [0.1, 0.15) is 13.8 Å². The Labute approximate surface area is 103 Å². The fraction of sp³-hybridized carbons (Fsp3) is 0.917. The monoisotopic (exact) mass is 241 g/mol. The lowest BCUT2D eigenvalue weighted by atomic mass is 10.0. The van der Waals surface area contributed by atoms with E-state index in [1.807, 2.05) is 16.8 Å². The van der Waals surface area contributed by atoms with E-state index in [4.69, 9.17) is 4.74 Å². The number of carbonyl (C=O) groups excluding carboxylic acids is 1. The zero-order valence-corrected chi connectivity index (χ0v) is 11.0. The van der Waals surface area contributed by atoms with E-state index in [-0.39, 0.29) is 12.1 Å². The topological polar surface area (TPSA) is 44.8 Å². The minimum absolute atomic E-state index is 0.149. The van der Waals surface area contributed by atoms with Crippen LogP contribution in [0.15, 0.2) is 0 Å². The number of urea groups is 1. The number of rotatable bonds is 3. The lowest BCUT2D eigenvalue weighted by Gasteiger charge is -2.27. The summed E-state index contributed by atoms with van der Waals surface area (Å²) in [6.45, 7) is 8.30. The second-order valence-electron chi connectivity index (χ2n) is 5.34. The number of carbonyl (C=O) groups is 1. The van der Waals surface area contributed by atoms with Crippen LogP contribution in [-0.2, 0) is 4.74 Å². The molecule has 0 aromatic carbocycles. The van der Waals surface area contributed by atoms with E-state index < -0.39 is 0 Å². The van der Waals surface area contributed by atoms with Gasteiger partial charge in [-0.1, -0.05) is 13.8 Å². The fourth-order valence-electron chi connectivity index (χ4n) is 2.60. The normalized spacial score (nSPS) is 30.5. The molecule has 0 aromatic heterocycles. The molecule has 0 radical (unpaired) electrons. The zero-order valence-electron chi connectivity index (χ0n) is 11.0. The van der Waals surface area contributed by atoms with Crippen molar-refractivity contribution in [3.8, 4) is 0 Å². The van der Waals surface area contributed by atoms with Gasteiger partial charge in [0.1, 0.15) is 0 Å². The molecule has 0 spiro atoms. The number of hydrogen-bond acceptors (Lipinski definition) is 3. The first-order valence-electron chi connectivity index (χ1n) is 6.42. The van der Waals surface area contributed by atoms with E-state index in [2.05, 4.69) is 19.2 Å². The second kappa shape index (κ2) is 5.23. The molecule has 2 aliphatic rings. The highest BCUT2D eigenvalue weighted by Crippen LogP contribution is 2.20. The predicted molar refractivity (Wildman–Crippen MR) is 66.0 cm³/mol. The Balaban J connectivity index is 1.91. The number of amides is 2. The number of morpholine rings is 1. The Morgan fingerprint density at radius 2 is 2.29 bits per heavy atom. The molecule has 2 atom stereocenters. The third-order valence-electron chi connectivity index (χ3n) is 3.69. The van der Waals surface area contributed by atoms with Crippen molar-refractivity contribution in [3.05, 3.63) is 0 Å². The summed E-state index contributed by atoms with van der Waals surface area (Å²) in [6, 6.07) is 0.773. The van der Waals surface area contributed by atoms with Crippen molar-refractivity contribution >= 4 is 6.03 Å². The molecule has 98 valence electrons. The molecule has 2 unspecified atom stereocenters. The number of nitrogens with one attached hydrogen (secondary N) is 1. The minimum atomic E-state index is 0.149. The van der Waals surface area contributed by atoms with E-state index >= 15 is 0 Å². The molecule has 2 fully saturated rings. The Morgan fingerprint density at radius 1 is 1.53 bits per heavy atom. The van der Waals surface area contributed by atoms with Crippen molar-refractivity contribution in [2.45, 2.75) is 25.9 Å². The lowest BCUT2D eigenvalue weighted by Crippen LogP contribution is -2.49. The van der Waals surface area contributed by atoms with Crippen LogP contribution in [-0.4, -0.2) is 67.8 Å². The van der Waals surface area contributed by atoms with Crippen LogP contribution >= 0.6 is 0 Å². The van der Waals surface area contributed by atoms with Gasteiger partial charge in [0.2, 0.25) is 0 Å². The van der Waals surface area contributed by atoms with E-state index in [1.54, 1.807) is 0 Å². The minimum Gasteiger partial charge on any atom is -0.378 e. The number of nitrogens with zero attached hydrogens (tertiary/aromatic N) is 2. The molecule has 5 nitrogen and oxygen atoms in total. The third-order valence-corrected chi connectivity index (χ3v) is 3.69. The molecule has 2 saturated heterocycles. The standard InChI is InChI=1S/C12H23N3O2/c1-9(2)11-7-15(12(16)14(11)3)6-10-8-17-5-4-13-10/h9-11,13H,4-8H2,1-3H3. The maximum atomic E-state index is 12.1. The number of likely N-dealkylation sites (N-methyl/N-ethyl adjacent to an activating group) is 1. The van der Waals surface area contributed by atoms with Crippen molar-refractivity contribution in [2.75, 3.05) is 39.9 Å². The fourth-order valence-corrected chi connectivity index (χ4v) is 2.60. The van der Waals surface area contributed by atoms with Gasteiger partial charge in [-0.25, -0.2) is 4.79 Å². The van der Waals surface area contributed by atoms with Crippen LogP contribution in [0.2, 0.25) is 0 Å². The molecule has 2 amide bonds. The molecule has 0 saturated carbocycles. The largest absolute Gasteiger partial charge is 0.378 e. The summed E-state index contributed by atoms with van der Waals surface area (Å²) in [7, 11) is 1.90. The molecule has 5 heteroatoms. The van der Waals surface area contributed by atoms with Gasteiger partial charge in [0.15, 0.2) is 0 Å². The van der Waals surface area contributed by atoms with Gasteiger partial charge in [0, 0.05) is 32.7 Å². The summed E-state index contributed by atoms with van der Waals surface area (Å²) < 4.78 is 5.41. The summed E-state index contributed by atoms with van der Waals surface area (Å²) in [5.74, 6) is 0.504. The van der Waals surface area contributed by atoms with E-state index in [0.29, 0.717) is 18.6 Å². The Kier molecular flexibility index (Phi) is 3.89. The molecule has 2 aliphatic heterocycles. The highest BCUT2D eigenvalue weighted by Gasteiger charge is 2.37. The summed E-state index contributed by atoms with van der Waals surface area (Å²) in [6.07, 6.45) is 0. The molecule has 1 N–H and O–H groups in total. The van der Waals surface area contributed by atoms with Gasteiger partial charge in [0.25, 0.3) is 0 Å². The van der Waals surface area contributed by atoms with E-state index in [0.717, 1.165) is 26.2 Å². The maximum absolute atomic E-state index is 12.1. The number of hydrogen-bond donors (Lipinski definition) is 1. The van der Waals surface area contributed by atoms with Gasteiger partial charge < -0.3 is 19.9 Å². The summed E-state index contributed by atoms with van der Waals surface area (Å²) in [5, 5.41) is 3.39. The Morgan fingerprint density at radius 3 is 2.82 bits per heavy atom. The van der Waals surface area contributed by atoms with Crippen LogP contribution in [0.25, 0.3) is 0 Å². The van der Waals surface area contributed by atoms with Crippen LogP contribution in [0, 0.1) is 5.92 Å². The zero-order chi connectivity index (χ0) is 12.4. The van der Waals surface area contributed by atoms with Gasteiger partial charge in [0.05, 0.1) is 19.3 Å². The first-order valence-corrected chi connectivity index (χ1v) is 6.42.